The zero-order valence-corrected chi connectivity index (χ0v) is 9.09. The van der Waals surface area contributed by atoms with Crippen LogP contribution in [0.5, 0.6) is 0 Å². The topological polar surface area (TPSA) is 38.2 Å². The number of fused-ring (bicyclic) bond motifs is 2. The van der Waals surface area contributed by atoms with Crippen LogP contribution in [0.15, 0.2) is 0 Å². The lowest BCUT2D eigenvalue weighted by Gasteiger charge is -2.31. The molecule has 76 valence electrons. The van der Waals surface area contributed by atoms with Crippen molar-refractivity contribution >= 4 is 29.1 Å². The van der Waals surface area contributed by atoms with Crippen LogP contribution >= 0.6 is 23.3 Å². The summed E-state index contributed by atoms with van der Waals surface area (Å²) in [5.41, 5.74) is 0. The maximum atomic E-state index is 5.94. The van der Waals surface area contributed by atoms with E-state index in [1.807, 2.05) is 0 Å². The van der Waals surface area contributed by atoms with Gasteiger partial charge in [0.2, 0.25) is 0 Å². The molecule has 3 heterocycles. The molecule has 3 rings (SSSR count). The monoisotopic (exact) mass is 231 g/mol. The van der Waals surface area contributed by atoms with Crippen LogP contribution in [0.2, 0.25) is 5.15 Å². The van der Waals surface area contributed by atoms with Crippen molar-refractivity contribution < 1.29 is 4.74 Å². The smallest absolute Gasteiger partial charge is 0.187 e. The Bertz CT molecular complexity index is 333. The Morgan fingerprint density at radius 3 is 2.57 bits per heavy atom. The molecule has 0 aromatic carbocycles. The van der Waals surface area contributed by atoms with E-state index >= 15 is 0 Å². The Hall–Kier alpha value is -0.390. The molecule has 0 saturated carbocycles. The van der Waals surface area contributed by atoms with Gasteiger partial charge >= 0.3 is 0 Å². The largest absolute Gasteiger partial charge is 0.371 e. The predicted molar refractivity (Wildman–Crippen MR) is 55.0 cm³/mol. The van der Waals surface area contributed by atoms with Crippen molar-refractivity contribution in [1.82, 2.24) is 8.75 Å². The highest BCUT2D eigenvalue weighted by molar-refractivity contribution is 6.99. The van der Waals surface area contributed by atoms with E-state index in [0.717, 1.165) is 31.7 Å². The minimum atomic E-state index is 0.367. The first-order valence-electron chi connectivity index (χ1n) is 4.71. The van der Waals surface area contributed by atoms with E-state index in [1.54, 1.807) is 0 Å². The van der Waals surface area contributed by atoms with Gasteiger partial charge in [-0.3, -0.25) is 0 Å². The van der Waals surface area contributed by atoms with E-state index in [0.29, 0.717) is 17.4 Å². The summed E-state index contributed by atoms with van der Waals surface area (Å²) in [7, 11) is 0. The molecule has 2 fully saturated rings. The molecule has 0 N–H and O–H groups in total. The first kappa shape index (κ1) is 8.88. The Labute approximate surface area is 91.1 Å². The summed E-state index contributed by atoms with van der Waals surface area (Å²) < 4.78 is 13.9. The molecule has 6 heteroatoms. The molecule has 0 aliphatic carbocycles. The van der Waals surface area contributed by atoms with Crippen molar-refractivity contribution in [1.29, 1.82) is 0 Å². The Balaban J connectivity index is 1.84. The first-order valence-corrected chi connectivity index (χ1v) is 5.82. The van der Waals surface area contributed by atoms with Crippen LogP contribution in [0.1, 0.15) is 12.8 Å². The molecule has 1 aromatic rings. The van der Waals surface area contributed by atoms with Gasteiger partial charge in [-0.2, -0.15) is 8.75 Å². The Kier molecular flexibility index (Phi) is 2.11. The fourth-order valence-corrected chi connectivity index (χ4v) is 2.93. The number of anilines is 1. The molecular weight excluding hydrogens is 222 g/mol. The SMILES string of the molecule is Clc1nsnc1N1CC2CCC(C1)O2. The minimum Gasteiger partial charge on any atom is -0.371 e. The molecular formula is C8H10ClN3OS. The summed E-state index contributed by atoms with van der Waals surface area (Å²) >= 11 is 7.11. The molecule has 2 aliphatic rings. The quantitative estimate of drug-likeness (QED) is 0.735. The lowest BCUT2D eigenvalue weighted by atomic mass is 10.2. The van der Waals surface area contributed by atoms with Gasteiger partial charge in [-0.15, -0.1) is 0 Å². The zero-order valence-electron chi connectivity index (χ0n) is 7.52. The molecule has 2 bridgehead atoms. The van der Waals surface area contributed by atoms with Crippen molar-refractivity contribution in [3.8, 4) is 0 Å². The summed E-state index contributed by atoms with van der Waals surface area (Å²) in [6.45, 7) is 1.81. The minimum absolute atomic E-state index is 0.367. The second kappa shape index (κ2) is 3.32. The number of hydrogen-bond donors (Lipinski definition) is 0. The zero-order chi connectivity index (χ0) is 9.54. The van der Waals surface area contributed by atoms with Gasteiger partial charge in [0, 0.05) is 13.1 Å². The Morgan fingerprint density at radius 2 is 2.00 bits per heavy atom. The highest BCUT2D eigenvalue weighted by atomic mass is 35.5. The van der Waals surface area contributed by atoms with Gasteiger partial charge in [-0.05, 0) is 12.8 Å². The molecule has 2 aliphatic heterocycles. The van der Waals surface area contributed by atoms with Gasteiger partial charge in [0.25, 0.3) is 0 Å². The van der Waals surface area contributed by atoms with E-state index < -0.39 is 0 Å². The average molecular weight is 232 g/mol. The average Bonchev–Trinajstić information content (AvgIpc) is 2.73. The lowest BCUT2D eigenvalue weighted by Crippen LogP contribution is -2.42. The van der Waals surface area contributed by atoms with Gasteiger partial charge in [0.1, 0.15) is 0 Å². The van der Waals surface area contributed by atoms with E-state index in [-0.39, 0.29) is 0 Å². The van der Waals surface area contributed by atoms with Gasteiger partial charge < -0.3 is 9.64 Å². The lowest BCUT2D eigenvalue weighted by molar-refractivity contribution is 0.0303. The highest BCUT2D eigenvalue weighted by Crippen LogP contribution is 2.31. The normalized spacial score (nSPS) is 31.1. The first-order chi connectivity index (χ1) is 6.83. The number of morpholine rings is 1. The van der Waals surface area contributed by atoms with Crippen LogP contribution in [-0.2, 0) is 4.74 Å². The van der Waals surface area contributed by atoms with Crippen molar-refractivity contribution in [3.63, 3.8) is 0 Å². The fraction of sp³-hybridized carbons (Fsp3) is 0.750. The van der Waals surface area contributed by atoms with Crippen LogP contribution in [-0.4, -0.2) is 34.0 Å². The second-order valence-corrected chi connectivity index (χ2v) is 4.63. The molecule has 1 aromatic heterocycles. The number of aromatic nitrogens is 2. The van der Waals surface area contributed by atoms with Crippen LogP contribution < -0.4 is 4.90 Å². The van der Waals surface area contributed by atoms with Crippen LogP contribution in [0, 0.1) is 0 Å². The van der Waals surface area contributed by atoms with Crippen LogP contribution in [0.3, 0.4) is 0 Å². The van der Waals surface area contributed by atoms with E-state index in [2.05, 4.69) is 13.6 Å². The number of ether oxygens (including phenoxy) is 1. The van der Waals surface area contributed by atoms with Crippen molar-refractivity contribution in [2.75, 3.05) is 18.0 Å². The molecule has 0 amide bonds. The van der Waals surface area contributed by atoms with Crippen molar-refractivity contribution in [3.05, 3.63) is 5.15 Å². The van der Waals surface area contributed by atoms with Gasteiger partial charge in [-0.25, -0.2) is 0 Å². The van der Waals surface area contributed by atoms with Crippen molar-refractivity contribution in [2.45, 2.75) is 25.0 Å². The van der Waals surface area contributed by atoms with E-state index in [1.165, 1.54) is 11.7 Å². The summed E-state index contributed by atoms with van der Waals surface area (Å²) in [5, 5.41) is 0.524. The molecule has 14 heavy (non-hydrogen) atoms. The maximum Gasteiger partial charge on any atom is 0.187 e. The predicted octanol–water partition coefficient (Wildman–Crippen LogP) is 1.56. The summed E-state index contributed by atoms with van der Waals surface area (Å²) in [4.78, 5) is 2.19. The number of nitrogens with zero attached hydrogens (tertiary/aromatic N) is 3. The summed E-state index contributed by atoms with van der Waals surface area (Å²) in [6, 6.07) is 0. The highest BCUT2D eigenvalue weighted by Gasteiger charge is 2.35. The molecule has 2 unspecified atom stereocenters. The van der Waals surface area contributed by atoms with Crippen molar-refractivity contribution in [2.24, 2.45) is 0 Å². The number of hydrogen-bond acceptors (Lipinski definition) is 5. The summed E-state index contributed by atoms with van der Waals surface area (Å²) in [5.74, 6) is 0.830. The van der Waals surface area contributed by atoms with Gasteiger partial charge in [-0.1, -0.05) is 11.6 Å². The number of rotatable bonds is 1. The third kappa shape index (κ3) is 1.39. The third-order valence-corrected chi connectivity index (χ3v) is 3.65. The standard InChI is InChI=1S/C8H10ClN3OS/c9-7-8(11-14-10-7)12-3-5-1-2-6(4-12)13-5/h5-6H,1-4H2. The third-order valence-electron chi connectivity index (χ3n) is 2.78. The second-order valence-electron chi connectivity index (χ2n) is 3.74. The van der Waals surface area contributed by atoms with E-state index in [4.69, 9.17) is 16.3 Å². The fourth-order valence-electron chi connectivity index (χ4n) is 2.15. The summed E-state index contributed by atoms with van der Waals surface area (Å²) in [6.07, 6.45) is 3.06. The van der Waals surface area contributed by atoms with Crippen LogP contribution in [0.25, 0.3) is 0 Å². The molecule has 2 atom stereocenters. The molecule has 2 saturated heterocycles. The van der Waals surface area contributed by atoms with Crippen LogP contribution in [0.4, 0.5) is 5.82 Å². The van der Waals surface area contributed by atoms with Gasteiger partial charge in [0.15, 0.2) is 11.0 Å². The number of halogens is 1. The Morgan fingerprint density at radius 1 is 1.29 bits per heavy atom. The maximum absolute atomic E-state index is 5.94. The molecule has 4 nitrogen and oxygen atoms in total. The molecule has 0 spiro atoms. The molecule has 0 radical (unpaired) electrons. The van der Waals surface area contributed by atoms with E-state index in [9.17, 15) is 0 Å². The van der Waals surface area contributed by atoms with Gasteiger partial charge in [0.05, 0.1) is 23.9 Å².